The molecule has 0 unspecified atom stereocenters. The number of hydrogen-bond acceptors (Lipinski definition) is 5. The number of nitrogens with zero attached hydrogens (tertiary/aromatic N) is 2. The summed E-state index contributed by atoms with van der Waals surface area (Å²) in [6, 6.07) is 0. The van der Waals surface area contributed by atoms with Gasteiger partial charge in [0.15, 0.2) is 0 Å². The summed E-state index contributed by atoms with van der Waals surface area (Å²) >= 11 is 0. The van der Waals surface area contributed by atoms with E-state index in [1.165, 1.54) is 6.42 Å². The molecule has 0 bridgehead atoms. The van der Waals surface area contributed by atoms with Gasteiger partial charge in [-0.2, -0.15) is 0 Å². The number of aromatic nitrogens is 2. The second-order valence-corrected chi connectivity index (χ2v) is 3.79. The van der Waals surface area contributed by atoms with Crippen molar-refractivity contribution in [2.75, 3.05) is 37.4 Å². The minimum atomic E-state index is 0.772. The van der Waals surface area contributed by atoms with Crippen molar-refractivity contribution < 1.29 is 4.74 Å². The van der Waals surface area contributed by atoms with E-state index in [9.17, 15) is 0 Å². The van der Waals surface area contributed by atoms with Crippen LogP contribution in [0.4, 0.5) is 11.6 Å². The Labute approximate surface area is 103 Å². The fraction of sp³-hybridized carbons (Fsp3) is 0.667. The van der Waals surface area contributed by atoms with Gasteiger partial charge in [0.2, 0.25) is 0 Å². The van der Waals surface area contributed by atoms with Gasteiger partial charge >= 0.3 is 0 Å². The monoisotopic (exact) mass is 238 g/mol. The van der Waals surface area contributed by atoms with Crippen LogP contribution in [-0.4, -0.2) is 36.8 Å². The van der Waals surface area contributed by atoms with Gasteiger partial charge in [0.1, 0.15) is 11.6 Å². The first-order chi connectivity index (χ1) is 8.36. The fourth-order valence-electron chi connectivity index (χ4n) is 1.31. The highest BCUT2D eigenvalue weighted by atomic mass is 16.5. The first kappa shape index (κ1) is 13.7. The average Bonchev–Trinajstić information content (AvgIpc) is 2.38. The van der Waals surface area contributed by atoms with E-state index in [0.717, 1.165) is 44.2 Å². The van der Waals surface area contributed by atoms with Crippen LogP contribution in [0.1, 0.15) is 26.2 Å². The van der Waals surface area contributed by atoms with Crippen molar-refractivity contribution in [2.24, 2.45) is 0 Å². The summed E-state index contributed by atoms with van der Waals surface area (Å²) in [5.41, 5.74) is 0. The van der Waals surface area contributed by atoms with Crippen molar-refractivity contribution in [1.82, 2.24) is 9.97 Å². The molecule has 0 amide bonds. The zero-order valence-electron chi connectivity index (χ0n) is 10.7. The summed E-state index contributed by atoms with van der Waals surface area (Å²) in [5.74, 6) is 1.57. The van der Waals surface area contributed by atoms with Crippen LogP contribution < -0.4 is 10.6 Å². The fourth-order valence-corrected chi connectivity index (χ4v) is 1.31. The first-order valence-electron chi connectivity index (χ1n) is 6.18. The molecule has 1 rings (SSSR count). The Morgan fingerprint density at radius 2 is 1.94 bits per heavy atom. The Hall–Kier alpha value is -1.36. The summed E-state index contributed by atoms with van der Waals surface area (Å²) in [6.45, 7) is 4.68. The normalized spacial score (nSPS) is 10.2. The summed E-state index contributed by atoms with van der Waals surface area (Å²) < 4.78 is 5.47. The van der Waals surface area contributed by atoms with Crippen molar-refractivity contribution in [3.8, 4) is 0 Å². The summed E-state index contributed by atoms with van der Waals surface area (Å²) in [5, 5.41) is 6.17. The van der Waals surface area contributed by atoms with Gasteiger partial charge in [-0.05, 0) is 12.8 Å². The molecule has 0 aliphatic rings. The van der Waals surface area contributed by atoms with Crippen molar-refractivity contribution in [3.63, 3.8) is 0 Å². The minimum absolute atomic E-state index is 0.772. The topological polar surface area (TPSA) is 59.1 Å². The van der Waals surface area contributed by atoms with Crippen molar-refractivity contribution in [2.45, 2.75) is 26.2 Å². The summed E-state index contributed by atoms with van der Waals surface area (Å²) in [4.78, 5) is 8.39. The highest BCUT2D eigenvalue weighted by molar-refractivity contribution is 5.40. The standard InChI is InChI=1S/C12H22N4O/c1-3-4-7-17-8-5-6-15-12-10-14-9-11(13-2)16-12/h9-10H,3-8H2,1-2H3,(H2,13,15,16). The molecule has 0 aliphatic heterocycles. The van der Waals surface area contributed by atoms with Crippen LogP contribution in [0, 0.1) is 0 Å². The molecule has 0 saturated heterocycles. The second-order valence-electron chi connectivity index (χ2n) is 3.79. The molecule has 5 nitrogen and oxygen atoms in total. The molecule has 0 atom stereocenters. The van der Waals surface area contributed by atoms with Gasteiger partial charge < -0.3 is 15.4 Å². The Morgan fingerprint density at radius 1 is 1.18 bits per heavy atom. The number of hydrogen-bond donors (Lipinski definition) is 2. The molecule has 96 valence electrons. The smallest absolute Gasteiger partial charge is 0.146 e. The third kappa shape index (κ3) is 6.06. The molecule has 17 heavy (non-hydrogen) atoms. The molecular formula is C12H22N4O. The maximum Gasteiger partial charge on any atom is 0.146 e. The van der Waals surface area contributed by atoms with Gasteiger partial charge in [0.05, 0.1) is 12.4 Å². The Bertz CT molecular complexity index is 306. The van der Waals surface area contributed by atoms with E-state index in [4.69, 9.17) is 4.74 Å². The largest absolute Gasteiger partial charge is 0.381 e. The van der Waals surface area contributed by atoms with E-state index in [1.807, 2.05) is 7.05 Å². The average molecular weight is 238 g/mol. The molecular weight excluding hydrogens is 216 g/mol. The van der Waals surface area contributed by atoms with Crippen LogP contribution in [0.15, 0.2) is 12.4 Å². The van der Waals surface area contributed by atoms with E-state index in [0.29, 0.717) is 0 Å². The van der Waals surface area contributed by atoms with Crippen LogP contribution in [0.3, 0.4) is 0 Å². The number of anilines is 2. The maximum atomic E-state index is 5.47. The molecule has 0 aliphatic carbocycles. The van der Waals surface area contributed by atoms with Gasteiger partial charge in [0.25, 0.3) is 0 Å². The lowest BCUT2D eigenvalue weighted by Gasteiger charge is -2.07. The third-order valence-corrected chi connectivity index (χ3v) is 2.30. The number of rotatable bonds is 9. The second kappa shape index (κ2) is 8.75. The molecule has 2 N–H and O–H groups in total. The molecule has 1 aromatic rings. The number of ether oxygens (including phenoxy) is 1. The van der Waals surface area contributed by atoms with Crippen LogP contribution >= 0.6 is 0 Å². The van der Waals surface area contributed by atoms with E-state index >= 15 is 0 Å². The van der Waals surface area contributed by atoms with Crippen molar-refractivity contribution >= 4 is 11.6 Å². The zero-order chi connectivity index (χ0) is 12.3. The molecule has 0 aromatic carbocycles. The molecule has 0 saturated carbocycles. The highest BCUT2D eigenvalue weighted by Crippen LogP contribution is 2.05. The Kier molecular flexibility index (Phi) is 7.06. The van der Waals surface area contributed by atoms with Crippen LogP contribution in [0.2, 0.25) is 0 Å². The summed E-state index contributed by atoms with van der Waals surface area (Å²) in [6.07, 6.45) is 6.72. The van der Waals surface area contributed by atoms with Gasteiger partial charge in [-0.3, -0.25) is 4.98 Å². The molecule has 0 radical (unpaired) electrons. The van der Waals surface area contributed by atoms with Gasteiger partial charge in [-0.25, -0.2) is 4.98 Å². The lowest BCUT2D eigenvalue weighted by atomic mass is 10.4. The van der Waals surface area contributed by atoms with Crippen LogP contribution in [-0.2, 0) is 4.74 Å². The SMILES string of the molecule is CCCCOCCCNc1cncc(NC)n1. The lowest BCUT2D eigenvalue weighted by molar-refractivity contribution is 0.131. The van der Waals surface area contributed by atoms with Gasteiger partial charge in [0, 0.05) is 26.8 Å². The quantitative estimate of drug-likeness (QED) is 0.645. The minimum Gasteiger partial charge on any atom is -0.381 e. The number of unbranched alkanes of at least 4 members (excludes halogenated alkanes) is 1. The Balaban J connectivity index is 2.09. The predicted molar refractivity (Wildman–Crippen MR) is 70.4 cm³/mol. The third-order valence-electron chi connectivity index (χ3n) is 2.30. The van der Waals surface area contributed by atoms with Gasteiger partial charge in [-0.15, -0.1) is 0 Å². The van der Waals surface area contributed by atoms with Crippen LogP contribution in [0.25, 0.3) is 0 Å². The zero-order valence-corrected chi connectivity index (χ0v) is 10.7. The van der Waals surface area contributed by atoms with Crippen molar-refractivity contribution in [1.29, 1.82) is 0 Å². The molecule has 0 fully saturated rings. The molecule has 1 aromatic heterocycles. The molecule has 0 spiro atoms. The molecule has 1 heterocycles. The van der Waals surface area contributed by atoms with E-state index in [1.54, 1.807) is 12.4 Å². The van der Waals surface area contributed by atoms with Crippen LogP contribution in [0.5, 0.6) is 0 Å². The number of nitrogens with one attached hydrogen (secondary N) is 2. The first-order valence-corrected chi connectivity index (χ1v) is 6.18. The van der Waals surface area contributed by atoms with E-state index < -0.39 is 0 Å². The highest BCUT2D eigenvalue weighted by Gasteiger charge is 1.96. The van der Waals surface area contributed by atoms with E-state index in [2.05, 4.69) is 27.5 Å². The lowest BCUT2D eigenvalue weighted by Crippen LogP contribution is -2.08. The Morgan fingerprint density at radius 3 is 2.71 bits per heavy atom. The van der Waals surface area contributed by atoms with Gasteiger partial charge in [-0.1, -0.05) is 13.3 Å². The maximum absolute atomic E-state index is 5.47. The van der Waals surface area contributed by atoms with Crippen molar-refractivity contribution in [3.05, 3.63) is 12.4 Å². The molecule has 5 heteroatoms. The summed E-state index contributed by atoms with van der Waals surface area (Å²) in [7, 11) is 1.83. The predicted octanol–water partition coefficient (Wildman–Crippen LogP) is 2.14. The van der Waals surface area contributed by atoms with E-state index in [-0.39, 0.29) is 0 Å².